The van der Waals surface area contributed by atoms with Gasteiger partial charge in [-0.15, -0.1) is 0 Å². The summed E-state index contributed by atoms with van der Waals surface area (Å²) >= 11 is 5.78. The lowest BCUT2D eigenvalue weighted by molar-refractivity contribution is -0.384. The molecule has 144 valence electrons. The van der Waals surface area contributed by atoms with E-state index < -0.39 is 27.4 Å². The van der Waals surface area contributed by atoms with Crippen LogP contribution < -0.4 is 4.90 Å². The number of anilines is 1. The van der Waals surface area contributed by atoms with Gasteiger partial charge in [0.05, 0.1) is 15.5 Å². The van der Waals surface area contributed by atoms with Crippen molar-refractivity contribution in [1.29, 1.82) is 0 Å². The molecule has 2 saturated heterocycles. The topological polar surface area (TPSA) is 49.6 Å². The monoisotopic (exact) mass is 391 g/mol. The molecule has 0 aromatic heterocycles. The van der Waals surface area contributed by atoms with Gasteiger partial charge < -0.3 is 4.90 Å². The molecule has 9 heteroatoms. The number of benzene rings is 1. The summed E-state index contributed by atoms with van der Waals surface area (Å²) in [5.74, 6) is 0. The van der Waals surface area contributed by atoms with Crippen LogP contribution in [0.4, 0.5) is 24.5 Å². The quantitative estimate of drug-likeness (QED) is 0.552. The second-order valence-corrected chi connectivity index (χ2v) is 7.43. The zero-order valence-electron chi connectivity index (χ0n) is 14.4. The average Bonchev–Trinajstić information content (AvgIpc) is 2.99. The van der Waals surface area contributed by atoms with Gasteiger partial charge >= 0.3 is 6.18 Å². The molecular weight excluding hydrogens is 371 g/mol. The molecule has 1 aromatic carbocycles. The highest BCUT2D eigenvalue weighted by Gasteiger charge is 2.38. The minimum absolute atomic E-state index is 0.168. The summed E-state index contributed by atoms with van der Waals surface area (Å²) in [6.45, 7) is 4.41. The van der Waals surface area contributed by atoms with Gasteiger partial charge in [-0.1, -0.05) is 11.6 Å². The SMILES string of the molecule is CC1CCCN1C1CCN(c2cc(Cl)c(C(F)(F)F)cc2[N+](=O)[O-])CC1. The molecule has 0 N–H and O–H groups in total. The third-order valence-corrected chi connectivity index (χ3v) is 5.76. The minimum Gasteiger partial charge on any atom is -0.366 e. The van der Waals surface area contributed by atoms with E-state index in [4.69, 9.17) is 11.6 Å². The van der Waals surface area contributed by atoms with Crippen molar-refractivity contribution >= 4 is 23.0 Å². The van der Waals surface area contributed by atoms with Crippen LogP contribution >= 0.6 is 11.6 Å². The number of alkyl halides is 3. The van der Waals surface area contributed by atoms with Gasteiger partial charge in [0.15, 0.2) is 0 Å². The van der Waals surface area contributed by atoms with E-state index in [0.29, 0.717) is 31.2 Å². The first-order valence-corrected chi connectivity index (χ1v) is 9.12. The summed E-state index contributed by atoms with van der Waals surface area (Å²) < 4.78 is 39.0. The van der Waals surface area contributed by atoms with Gasteiger partial charge in [-0.25, -0.2) is 0 Å². The van der Waals surface area contributed by atoms with Crippen molar-refractivity contribution in [3.05, 3.63) is 32.8 Å². The molecule has 1 unspecified atom stereocenters. The summed E-state index contributed by atoms with van der Waals surface area (Å²) in [7, 11) is 0. The molecule has 1 aromatic rings. The third kappa shape index (κ3) is 3.76. The van der Waals surface area contributed by atoms with Crippen molar-refractivity contribution in [2.24, 2.45) is 0 Å². The first kappa shape index (κ1) is 19.2. The fraction of sp³-hybridized carbons (Fsp3) is 0.647. The van der Waals surface area contributed by atoms with Gasteiger partial charge in [0.2, 0.25) is 0 Å². The number of nitrogens with zero attached hydrogens (tertiary/aromatic N) is 3. The van der Waals surface area contributed by atoms with Crippen LogP contribution in [0.5, 0.6) is 0 Å². The molecule has 0 radical (unpaired) electrons. The first-order valence-electron chi connectivity index (χ1n) is 8.74. The smallest absolute Gasteiger partial charge is 0.366 e. The van der Waals surface area contributed by atoms with Gasteiger partial charge in [0.25, 0.3) is 5.69 Å². The number of piperidine rings is 1. The Morgan fingerprint density at radius 1 is 1.19 bits per heavy atom. The number of rotatable bonds is 3. The Balaban J connectivity index is 1.81. The molecule has 0 aliphatic carbocycles. The number of likely N-dealkylation sites (tertiary alicyclic amines) is 1. The number of hydrogen-bond acceptors (Lipinski definition) is 4. The van der Waals surface area contributed by atoms with E-state index in [0.717, 1.165) is 25.5 Å². The fourth-order valence-electron chi connectivity index (χ4n) is 4.10. The fourth-order valence-corrected chi connectivity index (χ4v) is 4.37. The van der Waals surface area contributed by atoms with Crippen LogP contribution in [0.1, 0.15) is 38.2 Å². The molecular formula is C17H21ClF3N3O2. The van der Waals surface area contributed by atoms with E-state index in [1.807, 2.05) is 0 Å². The van der Waals surface area contributed by atoms with Crippen molar-refractivity contribution in [3.63, 3.8) is 0 Å². The van der Waals surface area contributed by atoms with Gasteiger partial charge in [-0.2, -0.15) is 13.2 Å². The summed E-state index contributed by atoms with van der Waals surface area (Å²) in [4.78, 5) is 14.8. The number of hydrogen-bond donors (Lipinski definition) is 0. The lowest BCUT2D eigenvalue weighted by Crippen LogP contribution is -2.46. The Morgan fingerprint density at radius 2 is 1.85 bits per heavy atom. The van der Waals surface area contributed by atoms with E-state index in [1.165, 1.54) is 12.8 Å². The highest BCUT2D eigenvalue weighted by atomic mass is 35.5. The molecule has 2 aliphatic heterocycles. The molecule has 2 heterocycles. The van der Waals surface area contributed by atoms with Crippen molar-refractivity contribution in [3.8, 4) is 0 Å². The van der Waals surface area contributed by atoms with Crippen LogP contribution in [0.3, 0.4) is 0 Å². The van der Waals surface area contributed by atoms with Crippen molar-refractivity contribution in [1.82, 2.24) is 4.90 Å². The summed E-state index contributed by atoms with van der Waals surface area (Å²) in [6.07, 6.45) is -0.693. The molecule has 1 atom stereocenters. The average molecular weight is 392 g/mol. The van der Waals surface area contributed by atoms with E-state index in [1.54, 1.807) is 4.90 Å². The lowest BCUT2D eigenvalue weighted by Gasteiger charge is -2.39. The first-order chi connectivity index (χ1) is 12.2. The van der Waals surface area contributed by atoms with Crippen LogP contribution in [0.25, 0.3) is 0 Å². The van der Waals surface area contributed by atoms with Crippen molar-refractivity contribution < 1.29 is 18.1 Å². The Morgan fingerprint density at radius 3 is 2.35 bits per heavy atom. The van der Waals surface area contributed by atoms with Crippen molar-refractivity contribution in [2.75, 3.05) is 24.5 Å². The maximum absolute atomic E-state index is 13.0. The van der Waals surface area contributed by atoms with Crippen LogP contribution in [0.15, 0.2) is 12.1 Å². The van der Waals surface area contributed by atoms with Crippen LogP contribution in [-0.4, -0.2) is 41.5 Å². The number of nitro benzene ring substituents is 1. The minimum atomic E-state index is -4.72. The van der Waals surface area contributed by atoms with Crippen LogP contribution in [0, 0.1) is 10.1 Å². The Labute approximate surface area is 154 Å². The molecule has 26 heavy (non-hydrogen) atoms. The number of halogens is 4. The predicted octanol–water partition coefficient (Wildman–Crippen LogP) is 4.72. The Hall–Kier alpha value is -1.54. The van der Waals surface area contributed by atoms with E-state index >= 15 is 0 Å². The van der Waals surface area contributed by atoms with Gasteiger partial charge in [0, 0.05) is 31.2 Å². The molecule has 0 amide bonds. The third-order valence-electron chi connectivity index (χ3n) is 5.44. The second-order valence-electron chi connectivity index (χ2n) is 7.02. The normalized spacial score (nSPS) is 22.8. The van der Waals surface area contributed by atoms with Gasteiger partial charge in [0.1, 0.15) is 5.69 Å². The maximum Gasteiger partial charge on any atom is 0.418 e. The van der Waals surface area contributed by atoms with E-state index in [9.17, 15) is 23.3 Å². The van der Waals surface area contributed by atoms with Crippen LogP contribution in [0.2, 0.25) is 5.02 Å². The maximum atomic E-state index is 13.0. The Kier molecular flexibility index (Phi) is 5.35. The molecule has 2 fully saturated rings. The highest BCUT2D eigenvalue weighted by molar-refractivity contribution is 6.31. The van der Waals surface area contributed by atoms with E-state index in [-0.39, 0.29) is 5.69 Å². The predicted molar refractivity (Wildman–Crippen MR) is 93.7 cm³/mol. The highest BCUT2D eigenvalue weighted by Crippen LogP contribution is 2.42. The van der Waals surface area contributed by atoms with Gasteiger partial charge in [-0.05, 0) is 45.2 Å². The molecule has 3 rings (SSSR count). The molecule has 0 spiro atoms. The van der Waals surface area contributed by atoms with E-state index in [2.05, 4.69) is 11.8 Å². The molecule has 0 saturated carbocycles. The van der Waals surface area contributed by atoms with Crippen molar-refractivity contribution in [2.45, 2.75) is 50.9 Å². The largest absolute Gasteiger partial charge is 0.418 e. The summed E-state index contributed by atoms with van der Waals surface area (Å²) in [6, 6.07) is 2.60. The zero-order chi connectivity index (χ0) is 19.1. The zero-order valence-corrected chi connectivity index (χ0v) is 15.2. The van der Waals surface area contributed by atoms with Gasteiger partial charge in [-0.3, -0.25) is 15.0 Å². The lowest BCUT2D eigenvalue weighted by atomic mass is 10.0. The second kappa shape index (κ2) is 7.23. The number of nitro groups is 1. The standard InChI is InChI=1S/C17H21ClF3N3O2/c1-11-3-2-6-23(11)12-4-7-22(8-5-12)15-10-14(18)13(17(19,20)21)9-16(15)24(25)26/h9-12H,2-8H2,1H3. The molecule has 2 aliphatic rings. The molecule has 0 bridgehead atoms. The summed E-state index contributed by atoms with van der Waals surface area (Å²) in [5.41, 5.74) is -1.55. The van der Waals surface area contributed by atoms with Crippen LogP contribution in [-0.2, 0) is 6.18 Å². The summed E-state index contributed by atoms with van der Waals surface area (Å²) in [5, 5.41) is 10.8. The molecule has 5 nitrogen and oxygen atoms in total. The Bertz CT molecular complexity index is 691.